The number of rotatable bonds is 4. The molecule has 1 aliphatic rings. The maximum absolute atomic E-state index is 12.9. The summed E-state index contributed by atoms with van der Waals surface area (Å²) in [6, 6.07) is 1.81. The maximum Gasteiger partial charge on any atom is 0.417 e. The largest absolute Gasteiger partial charge is 0.493 e. The summed E-state index contributed by atoms with van der Waals surface area (Å²) < 4.78 is 55.7. The highest BCUT2D eigenvalue weighted by molar-refractivity contribution is 6.03. The molecule has 0 saturated heterocycles. The number of aliphatic hydroxyl groups excluding tert-OH is 1. The van der Waals surface area contributed by atoms with Crippen molar-refractivity contribution in [1.82, 2.24) is 0 Å². The number of aliphatic hydroxyl groups is 1. The summed E-state index contributed by atoms with van der Waals surface area (Å²) in [6.07, 6.45) is -6.32. The first-order valence-electron chi connectivity index (χ1n) is 6.00. The lowest BCUT2D eigenvalue weighted by Crippen LogP contribution is -2.12. The summed E-state index contributed by atoms with van der Waals surface area (Å²) in [5, 5.41) is 9.74. The lowest BCUT2D eigenvalue weighted by Gasteiger charge is -2.16. The summed E-state index contributed by atoms with van der Waals surface area (Å²) in [7, 11) is 0. The number of halogens is 4. The fourth-order valence-electron chi connectivity index (χ4n) is 2.21. The molecule has 1 N–H and O–H groups in total. The molecule has 1 aliphatic carbocycles. The molecule has 0 heterocycles. The monoisotopic (exact) mass is 292 g/mol. The van der Waals surface area contributed by atoms with Gasteiger partial charge in [-0.3, -0.25) is 9.18 Å². The van der Waals surface area contributed by atoms with Crippen LogP contribution < -0.4 is 4.74 Å². The number of benzene rings is 1. The summed E-state index contributed by atoms with van der Waals surface area (Å²) in [5.74, 6) is -0.768. The van der Waals surface area contributed by atoms with Gasteiger partial charge in [0.15, 0.2) is 5.78 Å². The van der Waals surface area contributed by atoms with Gasteiger partial charge in [-0.2, -0.15) is 13.2 Å². The van der Waals surface area contributed by atoms with Gasteiger partial charge < -0.3 is 9.84 Å². The molecule has 0 bridgehead atoms. The van der Waals surface area contributed by atoms with E-state index in [1.807, 2.05) is 0 Å². The molecule has 2 rings (SSSR count). The number of hydrogen-bond acceptors (Lipinski definition) is 3. The summed E-state index contributed by atoms with van der Waals surface area (Å²) >= 11 is 0. The van der Waals surface area contributed by atoms with Crippen LogP contribution in [0.25, 0.3) is 0 Å². The van der Waals surface area contributed by atoms with E-state index < -0.39 is 42.3 Å². The highest BCUT2D eigenvalue weighted by Gasteiger charge is 2.42. The number of carbonyl (C=O) groups excluding carboxylic acids is 1. The van der Waals surface area contributed by atoms with Crippen LogP contribution in [0.3, 0.4) is 0 Å². The van der Waals surface area contributed by atoms with Crippen LogP contribution in [0.4, 0.5) is 17.6 Å². The van der Waals surface area contributed by atoms with Crippen molar-refractivity contribution in [3.05, 3.63) is 28.8 Å². The van der Waals surface area contributed by atoms with E-state index in [2.05, 4.69) is 0 Å². The van der Waals surface area contributed by atoms with Gasteiger partial charge in [-0.15, -0.1) is 0 Å². The quantitative estimate of drug-likeness (QED) is 0.685. The minimum absolute atomic E-state index is 0.000185. The van der Waals surface area contributed by atoms with E-state index in [-0.39, 0.29) is 24.3 Å². The van der Waals surface area contributed by atoms with Crippen LogP contribution in [-0.2, 0) is 6.18 Å². The Morgan fingerprint density at radius 3 is 2.65 bits per heavy atom. The second-order valence-electron chi connectivity index (χ2n) is 4.43. The molecule has 1 atom stereocenters. The third kappa shape index (κ3) is 2.63. The highest BCUT2D eigenvalue weighted by Crippen LogP contribution is 2.44. The summed E-state index contributed by atoms with van der Waals surface area (Å²) in [5.41, 5.74) is -1.77. The number of hydrogen-bond donors (Lipinski definition) is 1. The molecule has 0 aromatic heterocycles. The van der Waals surface area contributed by atoms with E-state index in [0.717, 1.165) is 12.1 Å². The molecule has 1 unspecified atom stereocenters. The molecule has 3 nitrogen and oxygen atoms in total. The molecule has 7 heteroatoms. The lowest BCUT2D eigenvalue weighted by molar-refractivity contribution is -0.137. The van der Waals surface area contributed by atoms with Crippen LogP contribution in [0.5, 0.6) is 5.75 Å². The van der Waals surface area contributed by atoms with Crippen LogP contribution >= 0.6 is 0 Å². The molecule has 0 spiro atoms. The third-order valence-electron chi connectivity index (χ3n) is 3.04. The molecular formula is C13H12F4O3. The van der Waals surface area contributed by atoms with Crippen LogP contribution in [0.2, 0.25) is 0 Å². The van der Waals surface area contributed by atoms with Crippen LogP contribution in [0.15, 0.2) is 12.1 Å². The lowest BCUT2D eigenvalue weighted by atomic mass is 10.0. The zero-order chi connectivity index (χ0) is 14.9. The average molecular weight is 292 g/mol. The Balaban J connectivity index is 2.46. The Morgan fingerprint density at radius 2 is 2.05 bits per heavy atom. The first-order valence-corrected chi connectivity index (χ1v) is 6.00. The fraction of sp³-hybridized carbons (Fsp3) is 0.462. The van der Waals surface area contributed by atoms with Crippen molar-refractivity contribution >= 4 is 5.78 Å². The second-order valence-corrected chi connectivity index (χ2v) is 4.43. The Bertz CT molecular complexity index is 525. The molecule has 1 aromatic rings. The van der Waals surface area contributed by atoms with Crippen molar-refractivity contribution in [1.29, 1.82) is 0 Å². The Labute approximate surface area is 112 Å². The number of Topliss-reactive ketones (excluding diaryl/α,β-unsaturated/α-hetero) is 1. The number of ketones is 1. The maximum atomic E-state index is 12.9. The smallest absolute Gasteiger partial charge is 0.417 e. The minimum atomic E-state index is -4.68. The van der Waals surface area contributed by atoms with Crippen molar-refractivity contribution in [3.63, 3.8) is 0 Å². The predicted octanol–water partition coefficient (Wildman–Crippen LogP) is 3.06. The van der Waals surface area contributed by atoms with E-state index in [1.165, 1.54) is 0 Å². The predicted molar refractivity (Wildman–Crippen MR) is 61.4 cm³/mol. The summed E-state index contributed by atoms with van der Waals surface area (Å²) in [4.78, 5) is 11.7. The zero-order valence-corrected chi connectivity index (χ0v) is 10.3. The molecule has 110 valence electrons. The Kier molecular flexibility index (Phi) is 3.99. The minimum Gasteiger partial charge on any atom is -0.493 e. The molecule has 0 aliphatic heterocycles. The topological polar surface area (TPSA) is 46.5 Å². The normalized spacial score (nSPS) is 18.2. The number of fused-ring (bicyclic) bond motifs is 1. The molecule has 20 heavy (non-hydrogen) atoms. The van der Waals surface area contributed by atoms with Gasteiger partial charge in [-0.25, -0.2) is 0 Å². The van der Waals surface area contributed by atoms with Gasteiger partial charge in [-0.05, 0) is 12.1 Å². The van der Waals surface area contributed by atoms with Crippen molar-refractivity contribution in [3.8, 4) is 5.75 Å². The third-order valence-corrected chi connectivity index (χ3v) is 3.04. The molecule has 0 fully saturated rings. The number of ether oxygens (including phenoxy) is 1. The average Bonchev–Trinajstić information content (AvgIpc) is 2.65. The van der Waals surface area contributed by atoms with E-state index in [4.69, 9.17) is 4.74 Å². The SMILES string of the molecule is O=C1CC(O)c2c(OCCCF)ccc(C(F)(F)F)c21. The van der Waals surface area contributed by atoms with Crippen LogP contribution in [0, 0.1) is 0 Å². The Hall–Kier alpha value is -1.63. The van der Waals surface area contributed by atoms with Crippen LogP contribution in [-0.4, -0.2) is 24.2 Å². The van der Waals surface area contributed by atoms with Gasteiger partial charge in [0.25, 0.3) is 0 Å². The number of carbonyl (C=O) groups is 1. The van der Waals surface area contributed by atoms with Gasteiger partial charge in [0.2, 0.25) is 0 Å². The van der Waals surface area contributed by atoms with Gasteiger partial charge >= 0.3 is 6.18 Å². The van der Waals surface area contributed by atoms with Gasteiger partial charge in [0.1, 0.15) is 5.75 Å². The molecule has 0 saturated carbocycles. The molecule has 0 radical (unpaired) electrons. The van der Waals surface area contributed by atoms with E-state index in [9.17, 15) is 27.5 Å². The first-order chi connectivity index (χ1) is 9.36. The molecular weight excluding hydrogens is 280 g/mol. The first kappa shape index (κ1) is 14.8. The van der Waals surface area contributed by atoms with Gasteiger partial charge in [0, 0.05) is 24.0 Å². The highest BCUT2D eigenvalue weighted by atomic mass is 19.4. The van der Waals surface area contributed by atoms with Gasteiger partial charge in [0.05, 0.1) is 24.9 Å². The van der Waals surface area contributed by atoms with E-state index >= 15 is 0 Å². The molecule has 1 aromatic carbocycles. The number of alkyl halides is 4. The van der Waals surface area contributed by atoms with E-state index in [1.54, 1.807) is 0 Å². The van der Waals surface area contributed by atoms with Crippen molar-refractivity contribution in [2.24, 2.45) is 0 Å². The fourth-order valence-corrected chi connectivity index (χ4v) is 2.21. The van der Waals surface area contributed by atoms with Crippen molar-refractivity contribution in [2.45, 2.75) is 25.1 Å². The van der Waals surface area contributed by atoms with Crippen molar-refractivity contribution in [2.75, 3.05) is 13.3 Å². The molecule has 0 amide bonds. The van der Waals surface area contributed by atoms with Crippen molar-refractivity contribution < 1.29 is 32.2 Å². The van der Waals surface area contributed by atoms with Gasteiger partial charge in [-0.1, -0.05) is 0 Å². The Morgan fingerprint density at radius 1 is 1.35 bits per heavy atom. The van der Waals surface area contributed by atoms with E-state index in [0.29, 0.717) is 0 Å². The standard InChI is InChI=1S/C13H12F4O3/c14-4-1-5-20-10-3-2-7(13(15,16)17)11-8(18)6-9(19)12(10)11/h2-3,9,19H,1,4-6H2. The zero-order valence-electron chi connectivity index (χ0n) is 10.3. The van der Waals surface area contributed by atoms with Crippen LogP contribution in [0.1, 0.15) is 40.4 Å². The summed E-state index contributed by atoms with van der Waals surface area (Å²) in [6.45, 7) is -0.653. The second kappa shape index (κ2) is 5.40.